The van der Waals surface area contributed by atoms with Crippen molar-refractivity contribution >= 4 is 17.5 Å². The van der Waals surface area contributed by atoms with Gasteiger partial charge in [-0.2, -0.15) is 0 Å². The molecular weight excluding hydrogens is 242 g/mol. The van der Waals surface area contributed by atoms with Gasteiger partial charge in [0.25, 0.3) is 0 Å². The lowest BCUT2D eigenvalue weighted by atomic mass is 9.90. The minimum Gasteiger partial charge on any atom is -0.356 e. The Hall–Kier alpha value is -1.88. The number of hydrogen-bond donors (Lipinski definition) is 3. The third-order valence-corrected chi connectivity index (χ3v) is 3.22. The number of benzene rings is 1. The molecule has 5 heteroatoms. The molecule has 1 aliphatic heterocycles. The number of hydrogen-bond acceptors (Lipinski definition) is 3. The summed E-state index contributed by atoms with van der Waals surface area (Å²) in [7, 11) is 1.88. The van der Waals surface area contributed by atoms with Crippen LogP contribution < -0.4 is 16.0 Å². The lowest BCUT2D eigenvalue weighted by molar-refractivity contribution is -0.126. The quantitative estimate of drug-likeness (QED) is 0.688. The first-order valence-corrected chi connectivity index (χ1v) is 6.53. The molecule has 102 valence electrons. The summed E-state index contributed by atoms with van der Waals surface area (Å²) in [5, 5.41) is 8.71. The van der Waals surface area contributed by atoms with Gasteiger partial charge in [0.15, 0.2) is 0 Å². The Balaban J connectivity index is 2.03. The van der Waals surface area contributed by atoms with Crippen molar-refractivity contribution in [1.82, 2.24) is 10.6 Å². The summed E-state index contributed by atoms with van der Waals surface area (Å²) in [5.41, 5.74) is 1.64. The van der Waals surface area contributed by atoms with Crippen LogP contribution in [0.1, 0.15) is 24.3 Å². The Morgan fingerprint density at radius 3 is 2.95 bits per heavy atom. The molecule has 0 saturated carbocycles. The molecule has 19 heavy (non-hydrogen) atoms. The smallest absolute Gasteiger partial charge is 0.228 e. The molecule has 2 rings (SSSR count). The van der Waals surface area contributed by atoms with E-state index >= 15 is 0 Å². The molecule has 1 atom stereocenters. The fourth-order valence-corrected chi connectivity index (χ4v) is 2.25. The van der Waals surface area contributed by atoms with Gasteiger partial charge in [-0.1, -0.05) is 18.2 Å². The van der Waals surface area contributed by atoms with Crippen LogP contribution >= 0.6 is 0 Å². The molecule has 1 aliphatic rings. The maximum absolute atomic E-state index is 12.2. The first-order valence-electron chi connectivity index (χ1n) is 6.53. The van der Waals surface area contributed by atoms with Gasteiger partial charge in [0, 0.05) is 18.7 Å². The molecule has 0 fully saturated rings. The molecule has 0 bridgehead atoms. The summed E-state index contributed by atoms with van der Waals surface area (Å²) < 4.78 is 0. The van der Waals surface area contributed by atoms with Crippen LogP contribution in [-0.4, -0.2) is 32.0 Å². The molecule has 0 saturated heterocycles. The van der Waals surface area contributed by atoms with E-state index in [-0.39, 0.29) is 24.2 Å². The molecule has 1 unspecified atom stereocenters. The van der Waals surface area contributed by atoms with Crippen LogP contribution in [0.4, 0.5) is 5.69 Å². The first kappa shape index (κ1) is 13.5. The Morgan fingerprint density at radius 2 is 2.16 bits per heavy atom. The predicted octanol–water partition coefficient (Wildman–Crippen LogP) is 0.838. The van der Waals surface area contributed by atoms with Crippen molar-refractivity contribution in [2.45, 2.75) is 18.8 Å². The van der Waals surface area contributed by atoms with E-state index < -0.39 is 0 Å². The van der Waals surface area contributed by atoms with Crippen molar-refractivity contribution in [2.75, 3.05) is 25.5 Å². The van der Waals surface area contributed by atoms with Crippen LogP contribution in [-0.2, 0) is 9.59 Å². The van der Waals surface area contributed by atoms with Crippen molar-refractivity contribution < 1.29 is 9.59 Å². The highest BCUT2D eigenvalue weighted by atomic mass is 16.2. The van der Waals surface area contributed by atoms with Crippen LogP contribution in [0, 0.1) is 0 Å². The molecular formula is C14H19N3O2. The zero-order valence-electron chi connectivity index (χ0n) is 11.0. The van der Waals surface area contributed by atoms with Crippen molar-refractivity contribution in [3.8, 4) is 0 Å². The van der Waals surface area contributed by atoms with E-state index in [2.05, 4.69) is 16.0 Å². The number of carbonyl (C=O) groups excluding carboxylic acids is 2. The molecule has 0 radical (unpaired) electrons. The predicted molar refractivity (Wildman–Crippen MR) is 74.0 cm³/mol. The maximum Gasteiger partial charge on any atom is 0.228 e. The van der Waals surface area contributed by atoms with Crippen LogP contribution in [0.3, 0.4) is 0 Å². The fourth-order valence-electron chi connectivity index (χ4n) is 2.25. The summed E-state index contributed by atoms with van der Waals surface area (Å²) in [4.78, 5) is 23.8. The largest absolute Gasteiger partial charge is 0.356 e. The second-order valence-electron chi connectivity index (χ2n) is 4.64. The lowest BCUT2D eigenvalue weighted by Crippen LogP contribution is -2.36. The van der Waals surface area contributed by atoms with Gasteiger partial charge in [0.2, 0.25) is 11.8 Å². The molecule has 0 spiro atoms. The van der Waals surface area contributed by atoms with Gasteiger partial charge >= 0.3 is 0 Å². The summed E-state index contributed by atoms with van der Waals surface area (Å²) in [6, 6.07) is 7.46. The number of carbonyl (C=O) groups is 2. The van der Waals surface area contributed by atoms with Gasteiger partial charge in [0.05, 0.1) is 5.92 Å². The standard InChI is InChI=1S/C14H19N3O2/c1-15-7-4-8-16-14(19)11-9-13(18)17-12-6-3-2-5-10(11)12/h2-3,5-6,11,15H,4,7-9H2,1H3,(H,16,19)(H,17,18). The van der Waals surface area contributed by atoms with E-state index in [0.29, 0.717) is 6.54 Å². The molecule has 0 aliphatic carbocycles. The van der Waals surface area contributed by atoms with Crippen LogP contribution in [0.25, 0.3) is 0 Å². The van der Waals surface area contributed by atoms with Crippen molar-refractivity contribution in [3.05, 3.63) is 29.8 Å². The zero-order valence-corrected chi connectivity index (χ0v) is 11.0. The van der Waals surface area contributed by atoms with Crippen molar-refractivity contribution in [3.63, 3.8) is 0 Å². The van der Waals surface area contributed by atoms with Gasteiger partial charge in [-0.3, -0.25) is 9.59 Å². The fraction of sp³-hybridized carbons (Fsp3) is 0.429. The van der Waals surface area contributed by atoms with Crippen molar-refractivity contribution in [1.29, 1.82) is 0 Å². The number of anilines is 1. The lowest BCUT2D eigenvalue weighted by Gasteiger charge is -2.24. The first-order chi connectivity index (χ1) is 9.22. The maximum atomic E-state index is 12.2. The SMILES string of the molecule is CNCCCNC(=O)C1CC(=O)Nc2ccccc21. The van der Waals surface area contributed by atoms with E-state index in [0.717, 1.165) is 24.2 Å². The average molecular weight is 261 g/mol. The van der Waals surface area contributed by atoms with E-state index in [9.17, 15) is 9.59 Å². The highest BCUT2D eigenvalue weighted by molar-refractivity contribution is 6.01. The number of amides is 2. The van der Waals surface area contributed by atoms with Crippen LogP contribution in [0.2, 0.25) is 0 Å². The van der Waals surface area contributed by atoms with E-state index in [4.69, 9.17) is 0 Å². The molecule has 1 heterocycles. The zero-order chi connectivity index (χ0) is 13.7. The number of para-hydroxylation sites is 1. The highest BCUT2D eigenvalue weighted by Gasteiger charge is 2.29. The summed E-state index contributed by atoms with van der Waals surface area (Å²) in [6.45, 7) is 1.49. The molecule has 1 aromatic carbocycles. The third-order valence-electron chi connectivity index (χ3n) is 3.22. The Morgan fingerprint density at radius 1 is 1.37 bits per heavy atom. The van der Waals surface area contributed by atoms with Gasteiger partial charge < -0.3 is 16.0 Å². The Labute approximate surface area is 112 Å². The minimum absolute atomic E-state index is 0.0709. The molecule has 1 aromatic rings. The van der Waals surface area contributed by atoms with E-state index in [1.165, 1.54) is 0 Å². The summed E-state index contributed by atoms with van der Waals surface area (Å²) in [5.74, 6) is -0.549. The monoisotopic (exact) mass is 261 g/mol. The summed E-state index contributed by atoms with van der Waals surface area (Å²) in [6.07, 6.45) is 1.09. The highest BCUT2D eigenvalue weighted by Crippen LogP contribution is 2.31. The Bertz CT molecular complexity index is 474. The topological polar surface area (TPSA) is 70.2 Å². The van der Waals surface area contributed by atoms with Gasteiger partial charge in [-0.25, -0.2) is 0 Å². The Kier molecular flexibility index (Phi) is 4.52. The molecule has 0 aromatic heterocycles. The average Bonchev–Trinajstić information content (AvgIpc) is 2.42. The van der Waals surface area contributed by atoms with Gasteiger partial charge in [-0.15, -0.1) is 0 Å². The van der Waals surface area contributed by atoms with Crippen LogP contribution in [0.5, 0.6) is 0 Å². The van der Waals surface area contributed by atoms with E-state index in [1.54, 1.807) is 0 Å². The normalized spacial score (nSPS) is 17.5. The van der Waals surface area contributed by atoms with Gasteiger partial charge in [0.1, 0.15) is 0 Å². The third kappa shape index (κ3) is 3.32. The van der Waals surface area contributed by atoms with Gasteiger partial charge in [-0.05, 0) is 31.6 Å². The number of nitrogens with one attached hydrogen (secondary N) is 3. The number of rotatable bonds is 5. The molecule has 5 nitrogen and oxygen atoms in total. The second kappa shape index (κ2) is 6.33. The summed E-state index contributed by atoms with van der Waals surface area (Å²) >= 11 is 0. The van der Waals surface area contributed by atoms with Crippen molar-refractivity contribution in [2.24, 2.45) is 0 Å². The minimum atomic E-state index is -0.375. The van der Waals surface area contributed by atoms with Crippen LogP contribution in [0.15, 0.2) is 24.3 Å². The molecule has 3 N–H and O–H groups in total. The second-order valence-corrected chi connectivity index (χ2v) is 4.64. The molecule has 2 amide bonds. The number of fused-ring (bicyclic) bond motifs is 1. The van der Waals surface area contributed by atoms with E-state index in [1.807, 2.05) is 31.3 Å².